The van der Waals surface area contributed by atoms with Gasteiger partial charge in [-0.2, -0.15) is 0 Å². The van der Waals surface area contributed by atoms with Crippen molar-refractivity contribution in [3.63, 3.8) is 0 Å². The number of imide groups is 1. The van der Waals surface area contributed by atoms with Crippen LogP contribution in [-0.4, -0.2) is 33.3 Å². The Morgan fingerprint density at radius 3 is 2.35 bits per heavy atom. The van der Waals surface area contributed by atoms with Crippen LogP contribution in [0.2, 0.25) is 5.02 Å². The van der Waals surface area contributed by atoms with E-state index in [0.717, 1.165) is 16.2 Å². The van der Waals surface area contributed by atoms with Crippen LogP contribution >= 0.6 is 23.4 Å². The Morgan fingerprint density at radius 1 is 1.03 bits per heavy atom. The number of amides is 2. The predicted octanol–water partition coefficient (Wildman–Crippen LogP) is 5.07. The van der Waals surface area contributed by atoms with Crippen LogP contribution in [0.25, 0.3) is 0 Å². The van der Waals surface area contributed by atoms with Crippen LogP contribution in [0.3, 0.4) is 0 Å². The summed E-state index contributed by atoms with van der Waals surface area (Å²) in [6, 6.07) is 22.5. The Hall–Kier alpha value is -3.62. The molecule has 1 aliphatic heterocycles. The van der Waals surface area contributed by atoms with Crippen molar-refractivity contribution in [3.8, 4) is 0 Å². The van der Waals surface area contributed by atoms with Crippen LogP contribution in [0.1, 0.15) is 22.3 Å². The molecule has 0 aromatic heterocycles. The Kier molecular flexibility index (Phi) is 7.30. The van der Waals surface area contributed by atoms with E-state index in [1.165, 1.54) is 36.0 Å². The number of carboxylic acid groups (broad SMARTS) is 1. The molecule has 1 saturated heterocycles. The molecular weight excluding hydrogens is 474 g/mol. The highest BCUT2D eigenvalue weighted by Gasteiger charge is 2.40. The van der Waals surface area contributed by atoms with Crippen molar-refractivity contribution in [2.24, 2.45) is 4.99 Å². The van der Waals surface area contributed by atoms with Crippen LogP contribution in [0.4, 0.5) is 11.4 Å². The molecule has 1 atom stereocenters. The topological polar surface area (TPSA) is 99.1 Å². The zero-order valence-corrected chi connectivity index (χ0v) is 19.4. The van der Waals surface area contributed by atoms with Gasteiger partial charge in [-0.3, -0.25) is 14.6 Å². The number of carboxylic acids is 1. The molecule has 34 heavy (non-hydrogen) atoms. The third-order valence-corrected chi connectivity index (χ3v) is 6.43. The number of benzene rings is 3. The van der Waals surface area contributed by atoms with E-state index in [1.54, 1.807) is 24.3 Å². The maximum absolute atomic E-state index is 13.1. The number of hydrogen-bond acceptors (Lipinski definition) is 5. The predicted molar refractivity (Wildman–Crippen MR) is 135 cm³/mol. The summed E-state index contributed by atoms with van der Waals surface area (Å²) in [4.78, 5) is 42.6. The van der Waals surface area contributed by atoms with Gasteiger partial charge in [-0.25, -0.2) is 9.69 Å². The molecule has 0 bridgehead atoms. The maximum Gasteiger partial charge on any atom is 0.335 e. The summed E-state index contributed by atoms with van der Waals surface area (Å²) in [5.41, 5.74) is 2.18. The second-order valence-electron chi connectivity index (χ2n) is 7.47. The normalized spacial score (nSPS) is 16.1. The van der Waals surface area contributed by atoms with Crippen molar-refractivity contribution in [2.45, 2.75) is 18.2 Å². The van der Waals surface area contributed by atoms with Crippen LogP contribution in [-0.2, 0) is 16.1 Å². The second kappa shape index (κ2) is 10.5. The number of nitrogens with one attached hydrogen (secondary N) is 1. The van der Waals surface area contributed by atoms with E-state index in [1.807, 2.05) is 30.3 Å². The lowest BCUT2D eigenvalue weighted by molar-refractivity contribution is -0.121. The van der Waals surface area contributed by atoms with Crippen LogP contribution in [0, 0.1) is 0 Å². The SMILES string of the molecule is O=C(O)c1ccc(N2C(=O)CC(SC(=NCc3ccccc3)Nc3ccc(Cl)cc3)C2=O)cc1. The van der Waals surface area contributed by atoms with E-state index in [9.17, 15) is 14.4 Å². The van der Waals surface area contributed by atoms with Gasteiger partial charge >= 0.3 is 5.97 Å². The molecular formula is C25H20ClN3O4S. The van der Waals surface area contributed by atoms with Gasteiger partial charge in [0, 0.05) is 17.1 Å². The smallest absolute Gasteiger partial charge is 0.335 e. The number of amidine groups is 1. The number of aliphatic imine (C=N–C) groups is 1. The average molecular weight is 494 g/mol. The first-order chi connectivity index (χ1) is 16.4. The zero-order chi connectivity index (χ0) is 24.1. The molecule has 9 heteroatoms. The fourth-order valence-electron chi connectivity index (χ4n) is 3.36. The molecule has 1 heterocycles. The summed E-state index contributed by atoms with van der Waals surface area (Å²) in [5.74, 6) is -1.80. The lowest BCUT2D eigenvalue weighted by Gasteiger charge is -2.16. The molecule has 4 rings (SSSR count). The van der Waals surface area contributed by atoms with Crippen molar-refractivity contribution in [3.05, 3.63) is 95.0 Å². The van der Waals surface area contributed by atoms with E-state index in [2.05, 4.69) is 10.3 Å². The van der Waals surface area contributed by atoms with Crippen molar-refractivity contribution in [2.75, 3.05) is 10.2 Å². The summed E-state index contributed by atoms with van der Waals surface area (Å²) in [6.45, 7) is 0.402. The number of thioether (sulfide) groups is 1. The fourth-order valence-corrected chi connectivity index (χ4v) is 4.51. The number of anilines is 2. The van der Waals surface area contributed by atoms with Crippen LogP contribution in [0.5, 0.6) is 0 Å². The second-order valence-corrected chi connectivity index (χ2v) is 9.10. The summed E-state index contributed by atoms with van der Waals surface area (Å²) in [6.07, 6.45) is 0.0108. The molecule has 0 aliphatic carbocycles. The lowest BCUT2D eigenvalue weighted by atomic mass is 10.2. The molecule has 0 saturated carbocycles. The van der Waals surface area contributed by atoms with Crippen molar-refractivity contribution < 1.29 is 19.5 Å². The first kappa shape index (κ1) is 23.5. The van der Waals surface area contributed by atoms with Gasteiger partial charge in [0.25, 0.3) is 0 Å². The molecule has 2 N–H and O–H groups in total. The number of halogens is 1. The number of nitrogens with zero attached hydrogens (tertiary/aromatic N) is 2. The summed E-state index contributed by atoms with van der Waals surface area (Å²) >= 11 is 7.17. The number of carbonyl (C=O) groups is 3. The number of carbonyl (C=O) groups excluding carboxylic acids is 2. The van der Waals surface area contributed by atoms with Crippen LogP contribution < -0.4 is 10.2 Å². The van der Waals surface area contributed by atoms with Gasteiger partial charge in [-0.05, 0) is 54.1 Å². The van der Waals surface area contributed by atoms with Gasteiger partial charge in [-0.15, -0.1) is 0 Å². The minimum Gasteiger partial charge on any atom is -0.478 e. The minimum atomic E-state index is -1.08. The minimum absolute atomic E-state index is 0.0108. The lowest BCUT2D eigenvalue weighted by Crippen LogP contribution is -2.31. The van der Waals surface area contributed by atoms with Gasteiger partial charge < -0.3 is 10.4 Å². The Labute approximate surface area is 205 Å². The monoisotopic (exact) mass is 493 g/mol. The summed E-state index contributed by atoms with van der Waals surface area (Å²) < 4.78 is 0. The largest absolute Gasteiger partial charge is 0.478 e. The van der Waals surface area contributed by atoms with Crippen LogP contribution in [0.15, 0.2) is 83.9 Å². The highest BCUT2D eigenvalue weighted by atomic mass is 35.5. The van der Waals surface area contributed by atoms with Crippen molar-refractivity contribution >= 4 is 57.7 Å². The van der Waals surface area contributed by atoms with Gasteiger partial charge in [0.15, 0.2) is 5.17 Å². The van der Waals surface area contributed by atoms with Gasteiger partial charge in [0.1, 0.15) is 5.25 Å². The Bertz CT molecular complexity index is 1230. The third-order valence-electron chi connectivity index (χ3n) is 5.08. The quantitative estimate of drug-likeness (QED) is 0.282. The van der Waals surface area contributed by atoms with Gasteiger partial charge in [-0.1, -0.05) is 53.7 Å². The molecule has 3 aromatic rings. The Balaban J connectivity index is 1.53. The first-order valence-corrected chi connectivity index (χ1v) is 11.6. The van der Waals surface area contributed by atoms with E-state index in [4.69, 9.17) is 16.7 Å². The van der Waals surface area contributed by atoms with Gasteiger partial charge in [0.05, 0.1) is 17.8 Å². The zero-order valence-electron chi connectivity index (χ0n) is 17.8. The Morgan fingerprint density at radius 2 is 1.71 bits per heavy atom. The fraction of sp³-hybridized carbons (Fsp3) is 0.120. The van der Waals surface area contributed by atoms with Gasteiger partial charge in [0.2, 0.25) is 11.8 Å². The molecule has 1 aliphatic rings. The molecule has 172 valence electrons. The van der Waals surface area contributed by atoms with E-state index in [0.29, 0.717) is 22.4 Å². The molecule has 0 radical (unpaired) electrons. The molecule has 0 spiro atoms. The summed E-state index contributed by atoms with van der Waals surface area (Å²) in [5, 5.41) is 12.7. The van der Waals surface area contributed by atoms with E-state index in [-0.39, 0.29) is 23.8 Å². The maximum atomic E-state index is 13.1. The van der Waals surface area contributed by atoms with Crippen molar-refractivity contribution in [1.29, 1.82) is 0 Å². The molecule has 7 nitrogen and oxygen atoms in total. The van der Waals surface area contributed by atoms with E-state index < -0.39 is 11.2 Å². The third kappa shape index (κ3) is 5.65. The highest BCUT2D eigenvalue weighted by molar-refractivity contribution is 8.15. The molecule has 2 amide bonds. The average Bonchev–Trinajstić information content (AvgIpc) is 3.12. The summed E-state index contributed by atoms with van der Waals surface area (Å²) in [7, 11) is 0. The standard InChI is InChI=1S/C25H20ClN3O4S/c26-18-8-10-19(11-9-18)28-25(27-15-16-4-2-1-3-5-16)34-21-14-22(30)29(23(21)31)20-12-6-17(7-13-20)24(32)33/h1-13,21H,14-15H2,(H,27,28)(H,32,33). The van der Waals surface area contributed by atoms with E-state index >= 15 is 0 Å². The highest BCUT2D eigenvalue weighted by Crippen LogP contribution is 2.31. The first-order valence-electron chi connectivity index (χ1n) is 10.4. The number of hydrogen-bond donors (Lipinski definition) is 2. The molecule has 1 unspecified atom stereocenters. The number of rotatable bonds is 6. The van der Waals surface area contributed by atoms with Crippen molar-refractivity contribution in [1.82, 2.24) is 0 Å². The number of aromatic carboxylic acids is 1. The molecule has 1 fully saturated rings. The molecule has 3 aromatic carbocycles.